The van der Waals surface area contributed by atoms with Gasteiger partial charge in [-0.3, -0.25) is 4.57 Å². The van der Waals surface area contributed by atoms with E-state index in [1.165, 1.54) is 0 Å². The second kappa shape index (κ2) is 2.58. The normalized spacial score (nSPS) is 25.5. The molecule has 2 heterocycles. The zero-order chi connectivity index (χ0) is 7.90. The highest BCUT2D eigenvalue weighted by Crippen LogP contribution is 2.60. The SMILES string of the molecule is CCCP(=O)(N1CC1)N1CC1. The molecule has 0 N–H and O–H groups in total. The number of nitrogens with zero attached hydrogens (tertiary/aromatic N) is 2. The minimum atomic E-state index is -1.97. The van der Waals surface area contributed by atoms with Crippen LogP contribution in [0.15, 0.2) is 0 Å². The van der Waals surface area contributed by atoms with Crippen molar-refractivity contribution in [1.82, 2.24) is 9.34 Å². The van der Waals surface area contributed by atoms with Crippen molar-refractivity contribution in [3.05, 3.63) is 0 Å². The molecule has 2 saturated heterocycles. The highest BCUT2D eigenvalue weighted by Gasteiger charge is 2.46. The molecule has 2 aliphatic rings. The maximum absolute atomic E-state index is 12.2. The van der Waals surface area contributed by atoms with E-state index in [4.69, 9.17) is 0 Å². The zero-order valence-electron chi connectivity index (χ0n) is 6.99. The van der Waals surface area contributed by atoms with Gasteiger partial charge in [0.1, 0.15) is 0 Å². The van der Waals surface area contributed by atoms with Crippen LogP contribution in [0.3, 0.4) is 0 Å². The third kappa shape index (κ3) is 1.37. The van der Waals surface area contributed by atoms with Crippen LogP contribution < -0.4 is 0 Å². The molecule has 64 valence electrons. The lowest BCUT2D eigenvalue weighted by atomic mass is 10.6. The molecule has 0 aromatic rings. The first-order valence-corrected chi connectivity index (χ1v) is 6.17. The molecule has 0 atom stereocenters. The summed E-state index contributed by atoms with van der Waals surface area (Å²) in [4.78, 5) is 0. The average molecular weight is 174 g/mol. The molecule has 2 aliphatic heterocycles. The van der Waals surface area contributed by atoms with Crippen molar-refractivity contribution in [1.29, 1.82) is 0 Å². The second-order valence-electron chi connectivity index (χ2n) is 3.30. The lowest BCUT2D eigenvalue weighted by Crippen LogP contribution is -2.07. The van der Waals surface area contributed by atoms with E-state index in [2.05, 4.69) is 16.3 Å². The molecular formula is C7H15N2OP. The molecule has 0 amide bonds. The number of hydrogen-bond donors (Lipinski definition) is 0. The predicted octanol–water partition coefficient (Wildman–Crippen LogP) is 1.22. The summed E-state index contributed by atoms with van der Waals surface area (Å²) in [7, 11) is -1.97. The van der Waals surface area contributed by atoms with Crippen LogP contribution in [0.4, 0.5) is 0 Å². The van der Waals surface area contributed by atoms with Gasteiger partial charge in [-0.05, 0) is 6.42 Å². The monoisotopic (exact) mass is 174 g/mol. The fourth-order valence-corrected chi connectivity index (χ4v) is 4.40. The summed E-state index contributed by atoms with van der Waals surface area (Å²) < 4.78 is 16.5. The van der Waals surface area contributed by atoms with Gasteiger partial charge in [-0.15, -0.1) is 0 Å². The van der Waals surface area contributed by atoms with Crippen molar-refractivity contribution in [2.24, 2.45) is 0 Å². The lowest BCUT2D eigenvalue weighted by molar-refractivity contribution is 0.517. The van der Waals surface area contributed by atoms with Crippen molar-refractivity contribution < 1.29 is 4.57 Å². The first-order chi connectivity index (χ1) is 5.27. The van der Waals surface area contributed by atoms with Crippen LogP contribution in [0, 0.1) is 0 Å². The third-order valence-corrected chi connectivity index (χ3v) is 5.84. The van der Waals surface area contributed by atoms with Gasteiger partial charge in [-0.2, -0.15) is 0 Å². The fourth-order valence-electron chi connectivity index (χ4n) is 1.47. The highest BCUT2D eigenvalue weighted by molar-refractivity contribution is 7.59. The van der Waals surface area contributed by atoms with Crippen molar-refractivity contribution in [3.63, 3.8) is 0 Å². The van der Waals surface area contributed by atoms with Gasteiger partial charge in [0.15, 0.2) is 0 Å². The highest BCUT2D eigenvalue weighted by atomic mass is 31.2. The standard InChI is InChI=1S/C7H15N2OP/c1-2-7-11(10,8-3-4-8)9-5-6-9/h2-7H2,1H3. The summed E-state index contributed by atoms with van der Waals surface area (Å²) in [5.74, 6) is 0. The van der Waals surface area contributed by atoms with Crippen molar-refractivity contribution >= 4 is 7.44 Å². The van der Waals surface area contributed by atoms with Crippen LogP contribution in [0.1, 0.15) is 13.3 Å². The summed E-state index contributed by atoms with van der Waals surface area (Å²) in [5, 5.41) is 0. The molecule has 0 saturated carbocycles. The van der Waals surface area contributed by atoms with Gasteiger partial charge in [0.25, 0.3) is 0 Å². The number of rotatable bonds is 4. The van der Waals surface area contributed by atoms with E-state index >= 15 is 0 Å². The maximum Gasteiger partial charge on any atom is 0.216 e. The predicted molar refractivity (Wildman–Crippen MR) is 45.9 cm³/mol. The molecule has 0 aliphatic carbocycles. The molecule has 2 fully saturated rings. The van der Waals surface area contributed by atoms with E-state index in [1.807, 2.05) is 0 Å². The minimum Gasteiger partial charge on any atom is -0.289 e. The quantitative estimate of drug-likeness (QED) is 0.473. The van der Waals surface area contributed by atoms with Crippen LogP contribution in [0.5, 0.6) is 0 Å². The van der Waals surface area contributed by atoms with Crippen LogP contribution in [0.25, 0.3) is 0 Å². The van der Waals surface area contributed by atoms with Gasteiger partial charge in [-0.25, -0.2) is 9.34 Å². The largest absolute Gasteiger partial charge is 0.289 e. The van der Waals surface area contributed by atoms with Crippen LogP contribution in [-0.2, 0) is 4.57 Å². The summed E-state index contributed by atoms with van der Waals surface area (Å²) in [5.41, 5.74) is 0. The molecular weight excluding hydrogens is 159 g/mol. The summed E-state index contributed by atoms with van der Waals surface area (Å²) in [6, 6.07) is 0. The Morgan fingerprint density at radius 3 is 1.91 bits per heavy atom. The zero-order valence-corrected chi connectivity index (χ0v) is 7.89. The maximum atomic E-state index is 12.2. The Morgan fingerprint density at radius 2 is 1.64 bits per heavy atom. The van der Waals surface area contributed by atoms with E-state index in [9.17, 15) is 4.57 Å². The summed E-state index contributed by atoms with van der Waals surface area (Å²) in [6.07, 6.45) is 1.94. The van der Waals surface area contributed by atoms with Crippen LogP contribution in [-0.4, -0.2) is 41.7 Å². The Labute approximate surface area is 67.8 Å². The van der Waals surface area contributed by atoms with Crippen molar-refractivity contribution in [2.75, 3.05) is 32.3 Å². The molecule has 2 rings (SSSR count). The first kappa shape index (κ1) is 7.78. The number of hydrogen-bond acceptors (Lipinski definition) is 1. The molecule has 0 bridgehead atoms. The summed E-state index contributed by atoms with van der Waals surface area (Å²) in [6.45, 7) is 6.36. The average Bonchev–Trinajstić information content (AvgIpc) is 2.84. The van der Waals surface area contributed by atoms with Gasteiger partial charge in [0, 0.05) is 32.3 Å². The minimum absolute atomic E-state index is 0.896. The Balaban J connectivity index is 2.04. The van der Waals surface area contributed by atoms with E-state index in [1.54, 1.807) is 0 Å². The Kier molecular flexibility index (Phi) is 1.82. The van der Waals surface area contributed by atoms with E-state index in [0.29, 0.717) is 0 Å². The van der Waals surface area contributed by atoms with Gasteiger partial charge in [-0.1, -0.05) is 6.92 Å². The van der Waals surface area contributed by atoms with Gasteiger partial charge in [0.2, 0.25) is 7.44 Å². The van der Waals surface area contributed by atoms with E-state index in [0.717, 1.165) is 38.8 Å². The van der Waals surface area contributed by atoms with Crippen molar-refractivity contribution in [3.8, 4) is 0 Å². The molecule has 0 aromatic heterocycles. The van der Waals surface area contributed by atoms with Crippen LogP contribution in [0.2, 0.25) is 0 Å². The molecule has 11 heavy (non-hydrogen) atoms. The van der Waals surface area contributed by atoms with E-state index in [-0.39, 0.29) is 0 Å². The summed E-state index contributed by atoms with van der Waals surface area (Å²) >= 11 is 0. The molecule has 3 nitrogen and oxygen atoms in total. The van der Waals surface area contributed by atoms with Gasteiger partial charge >= 0.3 is 0 Å². The Morgan fingerprint density at radius 1 is 1.18 bits per heavy atom. The Hall–Kier alpha value is 0.150. The lowest BCUT2D eigenvalue weighted by Gasteiger charge is -2.18. The van der Waals surface area contributed by atoms with Gasteiger partial charge < -0.3 is 0 Å². The first-order valence-electron chi connectivity index (χ1n) is 4.37. The fraction of sp³-hybridized carbons (Fsp3) is 1.00. The molecule has 0 radical (unpaired) electrons. The molecule has 0 unspecified atom stereocenters. The second-order valence-corrected chi connectivity index (χ2v) is 6.20. The molecule has 4 heteroatoms. The van der Waals surface area contributed by atoms with E-state index < -0.39 is 7.44 Å². The van der Waals surface area contributed by atoms with Crippen LogP contribution >= 0.6 is 7.44 Å². The topological polar surface area (TPSA) is 23.1 Å². The smallest absolute Gasteiger partial charge is 0.216 e. The third-order valence-electron chi connectivity index (χ3n) is 2.25. The van der Waals surface area contributed by atoms with Crippen molar-refractivity contribution in [2.45, 2.75) is 13.3 Å². The molecule has 0 aromatic carbocycles. The van der Waals surface area contributed by atoms with Gasteiger partial charge in [0.05, 0.1) is 0 Å². The molecule has 0 spiro atoms. The Bertz CT molecular complexity index is 183.